The van der Waals surface area contributed by atoms with Crippen molar-refractivity contribution < 1.29 is 13.3 Å². The third kappa shape index (κ3) is 3.79. The molecule has 0 aliphatic heterocycles. The van der Waals surface area contributed by atoms with Crippen LogP contribution < -0.4 is 0 Å². The van der Waals surface area contributed by atoms with Gasteiger partial charge in [0.2, 0.25) is 0 Å². The second-order valence-electron chi connectivity index (χ2n) is 4.71. The first-order chi connectivity index (χ1) is 10.2. The molecule has 0 saturated carbocycles. The van der Waals surface area contributed by atoms with Gasteiger partial charge in [0.05, 0.1) is 0 Å². The molecule has 2 aromatic rings. The number of hydrogen-bond donors (Lipinski definition) is 0. The van der Waals surface area contributed by atoms with E-state index < -0.39 is 8.80 Å². The highest BCUT2D eigenvalue weighted by atomic mass is 28.4. The molecule has 1 heterocycles. The molecule has 5 nitrogen and oxygen atoms in total. The lowest BCUT2D eigenvalue weighted by Gasteiger charge is -2.24. The van der Waals surface area contributed by atoms with Crippen molar-refractivity contribution >= 4 is 8.80 Å². The van der Waals surface area contributed by atoms with Crippen LogP contribution in [0.15, 0.2) is 42.7 Å². The minimum Gasteiger partial charge on any atom is -0.377 e. The maximum Gasteiger partial charge on any atom is 0.500 e. The van der Waals surface area contributed by atoms with Gasteiger partial charge in [0.25, 0.3) is 0 Å². The molecule has 0 radical (unpaired) electrons. The summed E-state index contributed by atoms with van der Waals surface area (Å²) in [6, 6.07) is 11.0. The Hall–Kier alpha value is -1.47. The van der Waals surface area contributed by atoms with Crippen LogP contribution in [0.5, 0.6) is 0 Å². The molecule has 0 amide bonds. The zero-order chi connectivity index (χ0) is 15.1. The quantitative estimate of drug-likeness (QED) is 0.704. The maximum atomic E-state index is 5.44. The van der Waals surface area contributed by atoms with E-state index in [-0.39, 0.29) is 0 Å². The molecule has 0 fully saturated rings. The van der Waals surface area contributed by atoms with E-state index in [4.69, 9.17) is 13.3 Å². The first-order valence-corrected chi connectivity index (χ1v) is 8.90. The zero-order valence-corrected chi connectivity index (χ0v) is 13.8. The van der Waals surface area contributed by atoms with Gasteiger partial charge >= 0.3 is 8.80 Å². The highest BCUT2D eigenvalue weighted by Gasteiger charge is 2.36. The molecule has 0 aliphatic carbocycles. The Balaban J connectivity index is 2.01. The lowest BCUT2D eigenvalue weighted by Crippen LogP contribution is -2.42. The fourth-order valence-corrected chi connectivity index (χ4v) is 4.06. The van der Waals surface area contributed by atoms with Crippen molar-refractivity contribution in [3.05, 3.63) is 42.7 Å². The molecule has 1 aromatic carbocycles. The number of rotatable bonds is 8. The van der Waals surface area contributed by atoms with Crippen LogP contribution in [0, 0.1) is 0 Å². The Morgan fingerprint density at radius 1 is 1.05 bits per heavy atom. The Bertz CT molecular complexity index is 533. The number of hydrogen-bond acceptors (Lipinski definition) is 4. The van der Waals surface area contributed by atoms with Crippen LogP contribution in [-0.4, -0.2) is 39.7 Å². The smallest absolute Gasteiger partial charge is 0.377 e. The summed E-state index contributed by atoms with van der Waals surface area (Å²) < 4.78 is 18.5. The first kappa shape index (κ1) is 15.9. The van der Waals surface area contributed by atoms with Gasteiger partial charge in [-0.25, -0.2) is 4.98 Å². The van der Waals surface area contributed by atoms with Crippen LogP contribution >= 0.6 is 0 Å². The standard InChI is InChI=1S/C15H22N2O3Si/c1-18-21(19-2,20-3)13-7-11-17-12-10-16-15(17)14-8-5-4-6-9-14/h4-6,8-10,12H,7,11,13H2,1-3H3. The molecule has 21 heavy (non-hydrogen) atoms. The van der Waals surface area contributed by atoms with E-state index in [2.05, 4.69) is 21.7 Å². The predicted octanol–water partition coefficient (Wildman–Crippen LogP) is 2.82. The second-order valence-corrected chi connectivity index (χ2v) is 7.80. The molecule has 2 rings (SSSR count). The third-order valence-electron chi connectivity index (χ3n) is 3.56. The van der Waals surface area contributed by atoms with Gasteiger partial charge < -0.3 is 17.8 Å². The van der Waals surface area contributed by atoms with Crippen LogP contribution in [0.2, 0.25) is 6.04 Å². The van der Waals surface area contributed by atoms with Gasteiger partial charge in [0.15, 0.2) is 0 Å². The fourth-order valence-electron chi connectivity index (χ4n) is 2.36. The van der Waals surface area contributed by atoms with Crippen LogP contribution in [0.1, 0.15) is 6.42 Å². The van der Waals surface area contributed by atoms with Crippen molar-refractivity contribution in [2.24, 2.45) is 0 Å². The number of imidazole rings is 1. The van der Waals surface area contributed by atoms with Crippen LogP contribution in [0.4, 0.5) is 0 Å². The summed E-state index contributed by atoms with van der Waals surface area (Å²) in [6.45, 7) is 0.856. The summed E-state index contributed by atoms with van der Waals surface area (Å²) >= 11 is 0. The number of aromatic nitrogens is 2. The van der Waals surface area contributed by atoms with Crippen molar-refractivity contribution in [1.29, 1.82) is 0 Å². The van der Waals surface area contributed by atoms with Crippen molar-refractivity contribution in [3.8, 4) is 11.4 Å². The Morgan fingerprint density at radius 2 is 1.71 bits per heavy atom. The minimum absolute atomic E-state index is 0.781. The molecular weight excluding hydrogens is 284 g/mol. The highest BCUT2D eigenvalue weighted by molar-refractivity contribution is 6.60. The monoisotopic (exact) mass is 306 g/mol. The first-order valence-electron chi connectivity index (χ1n) is 6.96. The summed E-state index contributed by atoms with van der Waals surface area (Å²) in [5.74, 6) is 0.982. The van der Waals surface area contributed by atoms with Crippen molar-refractivity contribution in [2.75, 3.05) is 21.3 Å². The van der Waals surface area contributed by atoms with Crippen LogP contribution in [0.25, 0.3) is 11.4 Å². The van der Waals surface area contributed by atoms with E-state index in [0.717, 1.165) is 30.4 Å². The summed E-state index contributed by atoms with van der Waals surface area (Å²) in [5, 5.41) is 0. The number of benzene rings is 1. The summed E-state index contributed by atoms with van der Waals surface area (Å²) in [5.41, 5.74) is 1.12. The molecule has 0 unspecified atom stereocenters. The van der Waals surface area contributed by atoms with E-state index in [1.807, 2.05) is 30.6 Å². The van der Waals surface area contributed by atoms with E-state index in [0.29, 0.717) is 0 Å². The molecule has 0 aliphatic rings. The summed E-state index contributed by atoms with van der Waals surface area (Å²) in [7, 11) is 2.45. The highest BCUT2D eigenvalue weighted by Crippen LogP contribution is 2.20. The molecule has 0 N–H and O–H groups in total. The third-order valence-corrected chi connectivity index (χ3v) is 6.39. The maximum absolute atomic E-state index is 5.44. The van der Waals surface area contributed by atoms with Gasteiger partial charge in [-0.1, -0.05) is 30.3 Å². The number of aryl methyl sites for hydroxylation is 1. The van der Waals surface area contributed by atoms with Gasteiger partial charge in [-0.15, -0.1) is 0 Å². The predicted molar refractivity (Wildman–Crippen MR) is 83.9 cm³/mol. The molecule has 1 aromatic heterocycles. The van der Waals surface area contributed by atoms with Crippen LogP contribution in [-0.2, 0) is 19.8 Å². The Labute approximate surface area is 126 Å². The van der Waals surface area contributed by atoms with E-state index in [9.17, 15) is 0 Å². The van der Waals surface area contributed by atoms with Crippen LogP contribution in [0.3, 0.4) is 0 Å². The lowest BCUT2D eigenvalue weighted by atomic mass is 10.2. The second kappa shape index (κ2) is 7.51. The normalized spacial score (nSPS) is 11.8. The molecule has 0 saturated heterocycles. The SMILES string of the molecule is CO[Si](CCCn1ccnc1-c1ccccc1)(OC)OC. The summed E-state index contributed by atoms with van der Waals surface area (Å²) in [4.78, 5) is 4.44. The average molecular weight is 306 g/mol. The largest absolute Gasteiger partial charge is 0.500 e. The minimum atomic E-state index is -2.48. The fraction of sp³-hybridized carbons (Fsp3) is 0.400. The Morgan fingerprint density at radius 3 is 2.33 bits per heavy atom. The van der Waals surface area contributed by atoms with Gasteiger partial charge in [-0.2, -0.15) is 0 Å². The molecular formula is C15H22N2O3Si. The molecule has 0 atom stereocenters. The van der Waals surface area contributed by atoms with Gasteiger partial charge in [-0.05, 0) is 6.42 Å². The van der Waals surface area contributed by atoms with E-state index in [1.165, 1.54) is 0 Å². The Kier molecular flexibility index (Phi) is 5.69. The lowest BCUT2D eigenvalue weighted by molar-refractivity contribution is 0.122. The van der Waals surface area contributed by atoms with Crippen molar-refractivity contribution in [2.45, 2.75) is 19.0 Å². The molecule has 0 bridgehead atoms. The average Bonchev–Trinajstić information content (AvgIpc) is 3.01. The topological polar surface area (TPSA) is 45.5 Å². The van der Waals surface area contributed by atoms with E-state index >= 15 is 0 Å². The zero-order valence-electron chi connectivity index (χ0n) is 12.8. The van der Waals surface area contributed by atoms with Crippen molar-refractivity contribution in [1.82, 2.24) is 9.55 Å². The number of nitrogens with zero attached hydrogens (tertiary/aromatic N) is 2. The molecule has 6 heteroatoms. The molecule has 114 valence electrons. The van der Waals surface area contributed by atoms with Gasteiger partial charge in [-0.3, -0.25) is 0 Å². The van der Waals surface area contributed by atoms with Crippen molar-refractivity contribution in [3.63, 3.8) is 0 Å². The van der Waals surface area contributed by atoms with Gasteiger partial charge in [0.1, 0.15) is 5.82 Å². The summed E-state index contributed by atoms with van der Waals surface area (Å²) in [6.07, 6.45) is 4.74. The molecule has 0 spiro atoms. The van der Waals surface area contributed by atoms with Gasteiger partial charge in [0, 0.05) is 51.9 Å². The van der Waals surface area contributed by atoms with E-state index in [1.54, 1.807) is 21.3 Å².